The lowest BCUT2D eigenvalue weighted by Gasteiger charge is -2.13. The molecule has 0 aromatic heterocycles. The second-order valence-electron chi connectivity index (χ2n) is 4.95. The Bertz CT molecular complexity index is 603. The number of esters is 1. The van der Waals surface area contributed by atoms with Crippen LogP contribution >= 0.6 is 0 Å². The van der Waals surface area contributed by atoms with Crippen LogP contribution in [0.2, 0.25) is 0 Å². The van der Waals surface area contributed by atoms with Crippen LogP contribution in [0.1, 0.15) is 41.3 Å². The molecule has 104 valence electrons. The lowest BCUT2D eigenvalue weighted by atomic mass is 9.98. The van der Waals surface area contributed by atoms with E-state index < -0.39 is 5.97 Å². The van der Waals surface area contributed by atoms with Crippen molar-refractivity contribution in [2.24, 2.45) is 0 Å². The number of aromatic hydroxyl groups is 1. The van der Waals surface area contributed by atoms with Crippen LogP contribution < -0.4 is 0 Å². The van der Waals surface area contributed by atoms with Crippen LogP contribution in [0.3, 0.4) is 0 Å². The van der Waals surface area contributed by atoms with Crippen LogP contribution in [-0.2, 0) is 11.3 Å². The van der Waals surface area contributed by atoms with Gasteiger partial charge in [-0.2, -0.15) is 0 Å². The molecule has 3 nitrogen and oxygen atoms in total. The van der Waals surface area contributed by atoms with Gasteiger partial charge in [-0.1, -0.05) is 50.2 Å². The minimum atomic E-state index is -0.512. The lowest BCUT2D eigenvalue weighted by Crippen LogP contribution is -2.07. The van der Waals surface area contributed by atoms with E-state index in [1.165, 1.54) is 6.07 Å². The third kappa shape index (κ3) is 3.18. The number of hydrogen-bond acceptors (Lipinski definition) is 3. The molecular weight excluding hydrogens is 252 g/mol. The molecule has 2 rings (SSSR count). The highest BCUT2D eigenvalue weighted by molar-refractivity contribution is 5.92. The number of carbonyl (C=O) groups excluding carboxylic acids is 1. The van der Waals surface area contributed by atoms with Gasteiger partial charge in [-0.25, -0.2) is 4.79 Å². The number of carbonyl (C=O) groups is 1. The summed E-state index contributed by atoms with van der Waals surface area (Å²) in [5.41, 5.74) is 2.35. The molecule has 0 aliphatic carbocycles. The van der Waals surface area contributed by atoms with Crippen molar-refractivity contribution < 1.29 is 14.6 Å². The molecule has 0 aliphatic rings. The van der Waals surface area contributed by atoms with Crippen LogP contribution in [0, 0.1) is 0 Å². The summed E-state index contributed by atoms with van der Waals surface area (Å²) in [6.45, 7) is 4.41. The average Bonchev–Trinajstić information content (AvgIpc) is 2.45. The van der Waals surface area contributed by atoms with Crippen molar-refractivity contribution in [3.05, 3.63) is 65.2 Å². The molecule has 0 radical (unpaired) electrons. The van der Waals surface area contributed by atoms with Gasteiger partial charge in [0.25, 0.3) is 0 Å². The molecule has 0 atom stereocenters. The lowest BCUT2D eigenvalue weighted by molar-refractivity contribution is 0.0468. The van der Waals surface area contributed by atoms with E-state index in [0.29, 0.717) is 5.92 Å². The molecule has 2 aromatic rings. The molecule has 0 spiro atoms. The fourth-order valence-electron chi connectivity index (χ4n) is 2.10. The summed E-state index contributed by atoms with van der Waals surface area (Å²) in [4.78, 5) is 11.9. The van der Waals surface area contributed by atoms with Crippen molar-refractivity contribution in [3.63, 3.8) is 0 Å². The maximum Gasteiger partial charge on any atom is 0.342 e. The first-order valence-electron chi connectivity index (χ1n) is 6.62. The predicted octanol–water partition coefficient (Wildman–Crippen LogP) is 3.87. The Kier molecular flexibility index (Phi) is 4.41. The first-order valence-corrected chi connectivity index (χ1v) is 6.62. The normalized spacial score (nSPS) is 10.6. The highest BCUT2D eigenvalue weighted by Gasteiger charge is 2.13. The largest absolute Gasteiger partial charge is 0.507 e. The summed E-state index contributed by atoms with van der Waals surface area (Å²) in [6, 6.07) is 14.3. The van der Waals surface area contributed by atoms with Gasteiger partial charge in [0.05, 0.1) is 0 Å². The zero-order chi connectivity index (χ0) is 14.5. The van der Waals surface area contributed by atoms with Gasteiger partial charge in [-0.05, 0) is 29.2 Å². The quantitative estimate of drug-likeness (QED) is 0.858. The van der Waals surface area contributed by atoms with Crippen molar-refractivity contribution in [3.8, 4) is 5.75 Å². The third-order valence-corrected chi connectivity index (χ3v) is 3.16. The highest BCUT2D eigenvalue weighted by atomic mass is 16.5. The second-order valence-corrected chi connectivity index (χ2v) is 4.95. The molecule has 0 saturated heterocycles. The monoisotopic (exact) mass is 270 g/mol. The van der Waals surface area contributed by atoms with E-state index in [2.05, 4.69) is 13.8 Å². The summed E-state index contributed by atoms with van der Waals surface area (Å²) in [5.74, 6) is -0.202. The summed E-state index contributed by atoms with van der Waals surface area (Å²) >= 11 is 0. The van der Waals surface area contributed by atoms with Crippen LogP contribution in [-0.4, -0.2) is 11.1 Å². The number of rotatable bonds is 4. The molecule has 0 bridgehead atoms. The molecule has 0 amide bonds. The Morgan fingerprint density at radius 3 is 2.45 bits per heavy atom. The van der Waals surface area contributed by atoms with Gasteiger partial charge in [-0.15, -0.1) is 0 Å². The average molecular weight is 270 g/mol. The van der Waals surface area contributed by atoms with Gasteiger partial charge in [0.15, 0.2) is 0 Å². The van der Waals surface area contributed by atoms with Gasteiger partial charge in [0.2, 0.25) is 0 Å². The zero-order valence-corrected chi connectivity index (χ0v) is 11.7. The Labute approximate surface area is 118 Å². The van der Waals surface area contributed by atoms with E-state index in [1.807, 2.05) is 24.3 Å². The SMILES string of the molecule is CC(C)c1ccccc1COC(=O)c1ccccc1O. The van der Waals surface area contributed by atoms with Crippen LogP contribution in [0.25, 0.3) is 0 Å². The smallest absolute Gasteiger partial charge is 0.342 e. The second kappa shape index (κ2) is 6.24. The molecule has 20 heavy (non-hydrogen) atoms. The van der Waals surface area contributed by atoms with E-state index in [-0.39, 0.29) is 17.9 Å². The third-order valence-electron chi connectivity index (χ3n) is 3.16. The topological polar surface area (TPSA) is 46.5 Å². The number of phenolic OH excluding ortho intramolecular Hbond substituents is 1. The Morgan fingerprint density at radius 1 is 1.10 bits per heavy atom. The Morgan fingerprint density at radius 2 is 1.75 bits per heavy atom. The highest BCUT2D eigenvalue weighted by Crippen LogP contribution is 2.21. The summed E-state index contributed by atoms with van der Waals surface area (Å²) in [7, 11) is 0. The number of phenols is 1. The van der Waals surface area contributed by atoms with Crippen LogP contribution in [0.5, 0.6) is 5.75 Å². The van der Waals surface area contributed by atoms with E-state index >= 15 is 0 Å². The predicted molar refractivity (Wildman–Crippen MR) is 77.8 cm³/mol. The maximum atomic E-state index is 11.9. The van der Waals surface area contributed by atoms with E-state index in [9.17, 15) is 9.90 Å². The van der Waals surface area contributed by atoms with E-state index in [4.69, 9.17) is 4.74 Å². The van der Waals surface area contributed by atoms with E-state index in [0.717, 1.165) is 11.1 Å². The van der Waals surface area contributed by atoms with E-state index in [1.54, 1.807) is 18.2 Å². The molecule has 0 heterocycles. The van der Waals surface area contributed by atoms with Gasteiger partial charge in [0.1, 0.15) is 17.9 Å². The van der Waals surface area contributed by atoms with Crippen molar-refractivity contribution in [2.75, 3.05) is 0 Å². The molecule has 1 N–H and O–H groups in total. The molecular formula is C17H18O3. The van der Waals surface area contributed by atoms with Crippen LogP contribution in [0.4, 0.5) is 0 Å². The first kappa shape index (κ1) is 14.1. The zero-order valence-electron chi connectivity index (χ0n) is 11.7. The fraction of sp³-hybridized carbons (Fsp3) is 0.235. The number of para-hydroxylation sites is 1. The minimum absolute atomic E-state index is 0.0605. The Hall–Kier alpha value is -2.29. The maximum absolute atomic E-state index is 11.9. The Balaban J connectivity index is 2.10. The van der Waals surface area contributed by atoms with Crippen LogP contribution in [0.15, 0.2) is 48.5 Å². The van der Waals surface area contributed by atoms with Crippen molar-refractivity contribution >= 4 is 5.97 Å². The summed E-state index contributed by atoms with van der Waals surface area (Å²) in [5, 5.41) is 9.62. The summed E-state index contributed by atoms with van der Waals surface area (Å²) < 4.78 is 5.29. The fourth-order valence-corrected chi connectivity index (χ4v) is 2.10. The first-order chi connectivity index (χ1) is 9.59. The minimum Gasteiger partial charge on any atom is -0.507 e. The molecule has 2 aromatic carbocycles. The summed E-state index contributed by atoms with van der Waals surface area (Å²) in [6.07, 6.45) is 0. The van der Waals surface area contributed by atoms with Gasteiger partial charge >= 0.3 is 5.97 Å². The number of ether oxygens (including phenoxy) is 1. The van der Waals surface area contributed by atoms with Gasteiger partial charge < -0.3 is 9.84 Å². The molecule has 0 aliphatic heterocycles. The van der Waals surface area contributed by atoms with Gasteiger partial charge in [0, 0.05) is 0 Å². The number of hydrogen-bond donors (Lipinski definition) is 1. The molecule has 3 heteroatoms. The van der Waals surface area contributed by atoms with Crippen molar-refractivity contribution in [1.82, 2.24) is 0 Å². The molecule has 0 unspecified atom stereocenters. The molecule has 0 fully saturated rings. The van der Waals surface area contributed by atoms with Crippen molar-refractivity contribution in [1.29, 1.82) is 0 Å². The van der Waals surface area contributed by atoms with Gasteiger partial charge in [-0.3, -0.25) is 0 Å². The molecule has 0 saturated carbocycles. The number of benzene rings is 2. The standard InChI is InChI=1S/C17H18O3/c1-12(2)14-8-4-3-7-13(14)11-20-17(19)15-9-5-6-10-16(15)18/h3-10,12,18H,11H2,1-2H3. The van der Waals surface area contributed by atoms with Crippen molar-refractivity contribution in [2.45, 2.75) is 26.4 Å².